The number of ether oxygens (including phenoxy) is 2. The Morgan fingerprint density at radius 3 is 2.72 bits per heavy atom. The highest BCUT2D eigenvalue weighted by atomic mass is 35.5. The van der Waals surface area contributed by atoms with Crippen molar-refractivity contribution in [2.45, 2.75) is 88.3 Å². The summed E-state index contributed by atoms with van der Waals surface area (Å²) in [5, 5.41) is 15.3. The molecule has 2 saturated heterocycles. The molecule has 0 bridgehead atoms. The summed E-state index contributed by atoms with van der Waals surface area (Å²) >= 11 is 6.46. The quantitative estimate of drug-likeness (QED) is 0.170. The number of hydrogen-bond donors (Lipinski definition) is 2. The van der Waals surface area contributed by atoms with Crippen LogP contribution < -0.4 is 5.32 Å². The second-order valence-corrected chi connectivity index (χ2v) is 8.34. The summed E-state index contributed by atoms with van der Waals surface area (Å²) in [5.41, 5.74) is 8.72. The van der Waals surface area contributed by atoms with Gasteiger partial charge in [-0.1, -0.05) is 44.1 Å². The van der Waals surface area contributed by atoms with Gasteiger partial charge < -0.3 is 14.6 Å². The van der Waals surface area contributed by atoms with Gasteiger partial charge in [-0.3, -0.25) is 15.0 Å². The Balaban J connectivity index is 2.07. The monoisotopic (exact) mass is 431 g/mol. The lowest BCUT2D eigenvalue weighted by Crippen LogP contribution is -2.69. The number of amides is 3. The van der Waals surface area contributed by atoms with Gasteiger partial charge in [0.05, 0.1) is 18.8 Å². The first-order valence-electron chi connectivity index (χ1n) is 10.1. The molecule has 11 heteroatoms. The number of carbonyl (C=O) groups excluding carboxylic acids is 2. The predicted molar refractivity (Wildman–Crippen MR) is 106 cm³/mol. The molecule has 0 saturated carbocycles. The van der Waals surface area contributed by atoms with Crippen LogP contribution in [0.2, 0.25) is 0 Å². The molecule has 0 unspecified atom stereocenters. The van der Waals surface area contributed by atoms with Crippen LogP contribution in [0.15, 0.2) is 5.11 Å². The minimum atomic E-state index is -1.51. The molecule has 0 aromatic carbocycles. The van der Waals surface area contributed by atoms with Crippen molar-refractivity contribution >= 4 is 23.5 Å². The van der Waals surface area contributed by atoms with E-state index in [4.69, 9.17) is 26.6 Å². The van der Waals surface area contributed by atoms with Crippen LogP contribution in [0.5, 0.6) is 0 Å². The van der Waals surface area contributed by atoms with E-state index in [1.54, 1.807) is 0 Å². The number of urea groups is 1. The van der Waals surface area contributed by atoms with Gasteiger partial charge in [-0.15, -0.1) is 11.6 Å². The number of nitrogens with one attached hydrogen (secondary N) is 1. The Morgan fingerprint density at radius 1 is 1.38 bits per heavy atom. The molecule has 2 aliphatic heterocycles. The second-order valence-electron chi connectivity index (χ2n) is 7.55. The van der Waals surface area contributed by atoms with Gasteiger partial charge >= 0.3 is 6.03 Å². The van der Waals surface area contributed by atoms with Crippen molar-refractivity contribution in [3.05, 3.63) is 10.4 Å². The standard InChI is InChI=1S/C18H30ClN5O5/c1-3-4-5-6-7-8-9-28-16-18(2,19)15(26)21-17(27)24(16)14-10-12(22-23-20)13(11-25)29-14/h12-14,16,25H,3-11H2,1-2H3,(H,21,26,27)/t12-,13+,14+,16+,18-/m0/s1. The van der Waals surface area contributed by atoms with Crippen LogP contribution in [0.1, 0.15) is 58.8 Å². The van der Waals surface area contributed by atoms with Gasteiger partial charge in [-0.2, -0.15) is 0 Å². The van der Waals surface area contributed by atoms with E-state index in [-0.39, 0.29) is 13.0 Å². The van der Waals surface area contributed by atoms with Crippen molar-refractivity contribution in [1.29, 1.82) is 0 Å². The van der Waals surface area contributed by atoms with E-state index in [1.165, 1.54) is 31.1 Å². The van der Waals surface area contributed by atoms with Crippen LogP contribution in [0.25, 0.3) is 10.4 Å². The second kappa shape index (κ2) is 11.0. The Kier molecular flexibility index (Phi) is 8.98. The summed E-state index contributed by atoms with van der Waals surface area (Å²) < 4.78 is 11.6. The van der Waals surface area contributed by atoms with E-state index < -0.39 is 41.4 Å². The summed E-state index contributed by atoms with van der Waals surface area (Å²) in [5.74, 6) is -0.642. The molecule has 10 nitrogen and oxygen atoms in total. The third-order valence-corrected chi connectivity index (χ3v) is 5.64. The van der Waals surface area contributed by atoms with E-state index >= 15 is 0 Å². The fourth-order valence-corrected chi connectivity index (χ4v) is 3.81. The van der Waals surface area contributed by atoms with Gasteiger partial charge in [0.25, 0.3) is 5.91 Å². The molecule has 5 atom stereocenters. The van der Waals surface area contributed by atoms with E-state index in [9.17, 15) is 14.7 Å². The topological polar surface area (TPSA) is 137 Å². The molecular weight excluding hydrogens is 402 g/mol. The number of hydrogen-bond acceptors (Lipinski definition) is 6. The highest BCUT2D eigenvalue weighted by Crippen LogP contribution is 2.35. The third kappa shape index (κ3) is 5.73. The number of halogens is 1. The number of azide groups is 1. The molecular formula is C18H30ClN5O5. The lowest BCUT2D eigenvalue weighted by atomic mass is 10.0. The molecule has 2 heterocycles. The molecule has 0 spiro atoms. The summed E-state index contributed by atoms with van der Waals surface area (Å²) in [6, 6.07) is -1.33. The highest BCUT2D eigenvalue weighted by Gasteiger charge is 2.54. The maximum Gasteiger partial charge on any atom is 0.328 e. The minimum Gasteiger partial charge on any atom is -0.394 e. The fraction of sp³-hybridized carbons (Fsp3) is 0.889. The lowest BCUT2D eigenvalue weighted by molar-refractivity contribution is -0.161. The van der Waals surface area contributed by atoms with Crippen molar-refractivity contribution in [2.75, 3.05) is 13.2 Å². The van der Waals surface area contributed by atoms with Crippen molar-refractivity contribution in [3.8, 4) is 0 Å². The lowest BCUT2D eigenvalue weighted by Gasteiger charge is -2.45. The predicted octanol–water partition coefficient (Wildman–Crippen LogP) is 3.03. The first-order valence-corrected chi connectivity index (χ1v) is 10.5. The number of carbonyl (C=O) groups is 2. The van der Waals surface area contributed by atoms with Gasteiger partial charge in [0, 0.05) is 17.9 Å². The van der Waals surface area contributed by atoms with Crippen LogP contribution in [0.4, 0.5) is 4.79 Å². The number of rotatable bonds is 11. The van der Waals surface area contributed by atoms with E-state index in [0.29, 0.717) is 6.61 Å². The summed E-state index contributed by atoms with van der Waals surface area (Å²) in [7, 11) is 0. The number of nitrogens with zero attached hydrogens (tertiary/aromatic N) is 4. The number of aliphatic hydroxyl groups is 1. The van der Waals surface area contributed by atoms with Gasteiger partial charge in [-0.05, 0) is 18.9 Å². The van der Waals surface area contributed by atoms with Crippen LogP contribution in [0.3, 0.4) is 0 Å². The van der Waals surface area contributed by atoms with E-state index in [1.807, 2.05) is 0 Å². The molecule has 2 fully saturated rings. The molecule has 3 amide bonds. The van der Waals surface area contributed by atoms with Crippen LogP contribution in [-0.4, -0.2) is 64.6 Å². The molecule has 0 aliphatic carbocycles. The number of aliphatic hydroxyl groups excluding tert-OH is 1. The van der Waals surface area contributed by atoms with Crippen LogP contribution in [0, 0.1) is 0 Å². The Hall–Kier alpha value is -1.58. The van der Waals surface area contributed by atoms with Crippen molar-refractivity contribution < 1.29 is 24.2 Å². The molecule has 2 rings (SSSR count). The molecule has 29 heavy (non-hydrogen) atoms. The highest BCUT2D eigenvalue weighted by molar-refractivity contribution is 6.36. The van der Waals surface area contributed by atoms with Gasteiger partial charge in [0.1, 0.15) is 6.23 Å². The smallest absolute Gasteiger partial charge is 0.328 e. The van der Waals surface area contributed by atoms with E-state index in [2.05, 4.69) is 22.3 Å². The van der Waals surface area contributed by atoms with Crippen molar-refractivity contribution in [1.82, 2.24) is 10.2 Å². The summed E-state index contributed by atoms with van der Waals surface area (Å²) in [4.78, 5) is 27.3. The average molecular weight is 432 g/mol. The van der Waals surface area contributed by atoms with Crippen molar-refractivity contribution in [2.24, 2.45) is 5.11 Å². The minimum absolute atomic E-state index is 0.167. The number of unbranched alkanes of at least 4 members (excludes halogenated alkanes) is 5. The first-order chi connectivity index (χ1) is 13.9. The zero-order chi connectivity index (χ0) is 21.4. The third-order valence-electron chi connectivity index (χ3n) is 5.28. The average Bonchev–Trinajstić information content (AvgIpc) is 3.07. The largest absolute Gasteiger partial charge is 0.394 e. The van der Waals surface area contributed by atoms with Gasteiger partial charge in [0.15, 0.2) is 11.1 Å². The Morgan fingerprint density at radius 2 is 2.07 bits per heavy atom. The fourth-order valence-electron chi connectivity index (χ4n) is 3.60. The molecule has 0 aromatic heterocycles. The molecule has 2 aliphatic rings. The number of alkyl halides is 1. The van der Waals surface area contributed by atoms with E-state index in [0.717, 1.165) is 19.3 Å². The van der Waals surface area contributed by atoms with Gasteiger partial charge in [0.2, 0.25) is 0 Å². The molecule has 0 radical (unpaired) electrons. The Bertz CT molecular complexity index is 628. The maximum atomic E-state index is 12.6. The zero-order valence-corrected chi connectivity index (χ0v) is 17.7. The van der Waals surface area contributed by atoms with Crippen LogP contribution >= 0.6 is 11.6 Å². The number of imide groups is 1. The summed E-state index contributed by atoms with van der Waals surface area (Å²) in [6.07, 6.45) is 3.92. The SMILES string of the molecule is CCCCCCCCO[C@H]1N([C@H]2C[C@H](N=[N+]=[N-])[C@@H](CO)O2)C(=O)NC(=O)[C@]1(C)Cl. The Labute approximate surface area is 175 Å². The van der Waals surface area contributed by atoms with Crippen LogP contribution in [-0.2, 0) is 14.3 Å². The normalized spacial score (nSPS) is 32.2. The van der Waals surface area contributed by atoms with Gasteiger partial charge in [-0.25, -0.2) is 4.79 Å². The molecule has 0 aromatic rings. The first kappa shape index (κ1) is 23.7. The van der Waals surface area contributed by atoms with Crippen molar-refractivity contribution in [3.63, 3.8) is 0 Å². The molecule has 2 N–H and O–H groups in total. The zero-order valence-electron chi connectivity index (χ0n) is 16.9. The molecule has 164 valence electrons. The maximum absolute atomic E-state index is 12.6. The summed E-state index contributed by atoms with van der Waals surface area (Å²) in [6.45, 7) is 3.61.